The van der Waals surface area contributed by atoms with Crippen LogP contribution in [0.2, 0.25) is 0 Å². The Hall–Kier alpha value is -2.07. The molecule has 35 heavy (non-hydrogen) atoms. The molecule has 4 heteroatoms. The van der Waals surface area contributed by atoms with Crippen molar-refractivity contribution in [1.29, 1.82) is 0 Å². The summed E-state index contributed by atoms with van der Waals surface area (Å²) in [5.74, 6) is 0.549. The molecule has 1 amide bonds. The van der Waals surface area contributed by atoms with E-state index in [4.69, 9.17) is 0 Å². The van der Waals surface area contributed by atoms with E-state index in [-0.39, 0.29) is 23.3 Å². The van der Waals surface area contributed by atoms with Gasteiger partial charge in [0.15, 0.2) is 0 Å². The predicted octanol–water partition coefficient (Wildman–Crippen LogP) is 7.00. The van der Waals surface area contributed by atoms with Crippen LogP contribution in [0.15, 0.2) is 24.4 Å². The Morgan fingerprint density at radius 1 is 0.943 bits per heavy atom. The maximum atomic E-state index is 13.2. The van der Waals surface area contributed by atoms with Crippen LogP contribution < -0.4 is 5.32 Å². The minimum Gasteiger partial charge on any atom is -0.389 e. The molecule has 4 nitrogen and oxygen atoms in total. The molecule has 0 aliphatic heterocycles. The third-order valence-electron chi connectivity index (χ3n) is 7.45. The van der Waals surface area contributed by atoms with Gasteiger partial charge in [0.05, 0.1) is 11.2 Å². The summed E-state index contributed by atoms with van der Waals surface area (Å²) in [5.41, 5.74) is 5.86. The van der Waals surface area contributed by atoms with E-state index in [0.717, 1.165) is 17.7 Å². The Labute approximate surface area is 213 Å². The highest BCUT2D eigenvalue weighted by Gasteiger charge is 2.26. The standard InChI is InChI=1S/C31H48N2O2/c1-21-26(28(34)32-20-31(8,9)35)19-33(27(21)15-22-13-11-10-12-14-22)25-17-23(29(2,3)4)16-24(18-25)30(5,6)7/h16-19,22,35H,10-15,20H2,1-9H3,(H,32,34). The molecule has 1 aliphatic carbocycles. The molecule has 2 N–H and O–H groups in total. The van der Waals surface area contributed by atoms with Crippen molar-refractivity contribution in [2.75, 3.05) is 6.54 Å². The van der Waals surface area contributed by atoms with Gasteiger partial charge in [0.25, 0.3) is 5.91 Å². The molecule has 1 aliphatic rings. The number of nitrogens with zero attached hydrogens (tertiary/aromatic N) is 1. The summed E-state index contributed by atoms with van der Waals surface area (Å²) in [6.07, 6.45) is 9.49. The maximum Gasteiger partial charge on any atom is 0.253 e. The van der Waals surface area contributed by atoms with Crippen molar-refractivity contribution in [1.82, 2.24) is 9.88 Å². The summed E-state index contributed by atoms with van der Waals surface area (Å²) >= 11 is 0. The van der Waals surface area contributed by atoms with Gasteiger partial charge in [0.1, 0.15) is 0 Å². The first-order chi connectivity index (χ1) is 16.1. The van der Waals surface area contributed by atoms with Gasteiger partial charge in [-0.3, -0.25) is 4.79 Å². The highest BCUT2D eigenvalue weighted by atomic mass is 16.3. The van der Waals surface area contributed by atoms with Crippen LogP contribution in [-0.2, 0) is 17.3 Å². The minimum atomic E-state index is -0.945. The van der Waals surface area contributed by atoms with Crippen molar-refractivity contribution in [3.05, 3.63) is 52.3 Å². The van der Waals surface area contributed by atoms with Crippen molar-refractivity contribution in [3.8, 4) is 5.69 Å². The van der Waals surface area contributed by atoms with Crippen molar-refractivity contribution in [3.63, 3.8) is 0 Å². The number of hydrogen-bond donors (Lipinski definition) is 2. The lowest BCUT2D eigenvalue weighted by Gasteiger charge is -2.27. The van der Waals surface area contributed by atoms with Gasteiger partial charge in [-0.2, -0.15) is 0 Å². The second kappa shape index (κ2) is 10.1. The molecule has 1 aromatic heterocycles. The third-order valence-corrected chi connectivity index (χ3v) is 7.45. The zero-order chi connectivity index (χ0) is 26.2. The van der Waals surface area contributed by atoms with Crippen molar-refractivity contribution in [2.24, 2.45) is 5.92 Å². The van der Waals surface area contributed by atoms with E-state index in [2.05, 4.69) is 76.5 Å². The topological polar surface area (TPSA) is 54.3 Å². The summed E-state index contributed by atoms with van der Waals surface area (Å²) in [5, 5.41) is 13.1. The quantitative estimate of drug-likeness (QED) is 0.467. The second-order valence-electron chi connectivity index (χ2n) is 13.5. The largest absolute Gasteiger partial charge is 0.389 e. The second-order valence-corrected chi connectivity index (χ2v) is 13.5. The molecule has 0 bridgehead atoms. The first-order valence-corrected chi connectivity index (χ1v) is 13.4. The Morgan fingerprint density at radius 3 is 1.97 bits per heavy atom. The van der Waals surface area contributed by atoms with Gasteiger partial charge < -0.3 is 15.0 Å². The van der Waals surface area contributed by atoms with Crippen molar-refractivity contribution in [2.45, 2.75) is 117 Å². The van der Waals surface area contributed by atoms with Crippen LogP contribution in [0.5, 0.6) is 0 Å². The van der Waals surface area contributed by atoms with Crippen LogP contribution in [0.25, 0.3) is 5.69 Å². The Balaban J connectivity index is 2.14. The van der Waals surface area contributed by atoms with Crippen LogP contribution >= 0.6 is 0 Å². The number of nitrogens with one attached hydrogen (secondary N) is 1. The van der Waals surface area contributed by atoms with Crippen molar-refractivity contribution < 1.29 is 9.90 Å². The lowest BCUT2D eigenvalue weighted by atomic mass is 9.80. The number of carbonyl (C=O) groups is 1. The van der Waals surface area contributed by atoms with Gasteiger partial charge in [-0.05, 0) is 72.8 Å². The minimum absolute atomic E-state index is 0.0225. The molecule has 1 saturated carbocycles. The van der Waals surface area contributed by atoms with Gasteiger partial charge in [0.2, 0.25) is 0 Å². The number of benzene rings is 1. The molecule has 1 aromatic carbocycles. The predicted molar refractivity (Wildman–Crippen MR) is 147 cm³/mol. The maximum absolute atomic E-state index is 13.2. The molecule has 0 spiro atoms. The van der Waals surface area contributed by atoms with E-state index >= 15 is 0 Å². The summed E-state index contributed by atoms with van der Waals surface area (Å²) in [6.45, 7) is 19.3. The van der Waals surface area contributed by atoms with E-state index < -0.39 is 5.60 Å². The van der Waals surface area contributed by atoms with Crippen LogP contribution in [-0.4, -0.2) is 27.7 Å². The van der Waals surface area contributed by atoms with E-state index in [1.807, 2.05) is 6.20 Å². The first kappa shape index (κ1) is 27.5. The highest BCUT2D eigenvalue weighted by molar-refractivity contribution is 5.96. The Kier molecular flexibility index (Phi) is 7.96. The normalized spacial score (nSPS) is 15.9. The zero-order valence-electron chi connectivity index (χ0n) is 23.6. The van der Waals surface area contributed by atoms with Gasteiger partial charge in [-0.15, -0.1) is 0 Å². The number of aromatic nitrogens is 1. The molecule has 0 saturated heterocycles. The molecule has 0 radical (unpaired) electrons. The molecule has 1 heterocycles. The summed E-state index contributed by atoms with van der Waals surface area (Å²) in [7, 11) is 0. The lowest BCUT2D eigenvalue weighted by Crippen LogP contribution is -2.38. The smallest absolute Gasteiger partial charge is 0.253 e. The van der Waals surface area contributed by atoms with E-state index in [0.29, 0.717) is 11.5 Å². The molecule has 2 aromatic rings. The average molecular weight is 481 g/mol. The average Bonchev–Trinajstić information content (AvgIpc) is 3.07. The van der Waals surface area contributed by atoms with Gasteiger partial charge in [0, 0.05) is 24.1 Å². The van der Waals surface area contributed by atoms with Crippen LogP contribution in [0.3, 0.4) is 0 Å². The summed E-state index contributed by atoms with van der Waals surface area (Å²) in [4.78, 5) is 13.2. The van der Waals surface area contributed by atoms with E-state index in [9.17, 15) is 9.90 Å². The van der Waals surface area contributed by atoms with Gasteiger partial charge in [-0.25, -0.2) is 0 Å². The fourth-order valence-corrected chi connectivity index (χ4v) is 5.02. The number of carbonyl (C=O) groups excluding carboxylic acids is 1. The molecule has 0 atom stereocenters. The Bertz CT molecular complexity index is 1000. The summed E-state index contributed by atoms with van der Waals surface area (Å²) in [6, 6.07) is 6.95. The zero-order valence-corrected chi connectivity index (χ0v) is 23.6. The van der Waals surface area contributed by atoms with E-state index in [1.165, 1.54) is 48.9 Å². The monoisotopic (exact) mass is 480 g/mol. The molecular weight excluding hydrogens is 432 g/mol. The lowest BCUT2D eigenvalue weighted by molar-refractivity contribution is 0.0694. The third kappa shape index (κ3) is 7.00. The molecule has 0 unspecified atom stereocenters. The van der Waals surface area contributed by atoms with Crippen LogP contribution in [0.1, 0.15) is 120 Å². The fourth-order valence-electron chi connectivity index (χ4n) is 5.02. The van der Waals surface area contributed by atoms with Gasteiger partial charge in [-0.1, -0.05) is 79.7 Å². The number of aliphatic hydroxyl groups is 1. The first-order valence-electron chi connectivity index (χ1n) is 13.4. The summed E-state index contributed by atoms with van der Waals surface area (Å²) < 4.78 is 2.29. The number of rotatable bonds is 6. The van der Waals surface area contributed by atoms with Crippen LogP contribution in [0, 0.1) is 12.8 Å². The Morgan fingerprint density at radius 2 is 1.49 bits per heavy atom. The molecule has 194 valence electrons. The molecule has 3 rings (SSSR count). The SMILES string of the molecule is Cc1c(C(=O)NCC(C)(C)O)cn(-c2cc(C(C)(C)C)cc(C(C)(C)C)c2)c1CC1CCCCC1. The fraction of sp³-hybridized carbons (Fsp3) is 0.645. The van der Waals surface area contributed by atoms with Gasteiger partial charge >= 0.3 is 0 Å². The molecule has 1 fully saturated rings. The number of hydrogen-bond acceptors (Lipinski definition) is 2. The van der Waals surface area contributed by atoms with Crippen LogP contribution in [0.4, 0.5) is 0 Å². The highest BCUT2D eigenvalue weighted by Crippen LogP contribution is 2.35. The van der Waals surface area contributed by atoms with Crippen molar-refractivity contribution >= 4 is 5.91 Å². The molecular formula is C31H48N2O2. The number of amides is 1. The van der Waals surface area contributed by atoms with E-state index in [1.54, 1.807) is 13.8 Å².